The zero-order valence-corrected chi connectivity index (χ0v) is 12.0. The normalized spacial score (nSPS) is 21.7. The van der Waals surface area contributed by atoms with Gasteiger partial charge in [0.05, 0.1) is 0 Å². The Morgan fingerprint density at radius 3 is 2.84 bits per heavy atom. The second-order valence-electron chi connectivity index (χ2n) is 5.68. The van der Waals surface area contributed by atoms with Gasteiger partial charge >= 0.3 is 0 Å². The van der Waals surface area contributed by atoms with E-state index in [0.29, 0.717) is 0 Å². The molecule has 1 fully saturated rings. The van der Waals surface area contributed by atoms with Crippen molar-refractivity contribution < 1.29 is 4.39 Å². The molecule has 2 rings (SSSR count). The van der Waals surface area contributed by atoms with Crippen LogP contribution in [0.5, 0.6) is 0 Å². The standard InChI is InChI=1S/C16H25FN2/c1-3-9-18-16(12-19-10-8-13(2)11-19)14-6-4-5-7-15(14)17/h4-7,13,16,18H,3,8-12H2,1-2H3. The summed E-state index contributed by atoms with van der Waals surface area (Å²) >= 11 is 0. The van der Waals surface area contributed by atoms with Crippen LogP contribution in [0.1, 0.15) is 38.3 Å². The van der Waals surface area contributed by atoms with Crippen LogP contribution in [0.2, 0.25) is 0 Å². The summed E-state index contributed by atoms with van der Waals surface area (Å²) in [4.78, 5) is 2.45. The first-order chi connectivity index (χ1) is 9.20. The van der Waals surface area contributed by atoms with E-state index in [-0.39, 0.29) is 11.9 Å². The van der Waals surface area contributed by atoms with Crippen LogP contribution in [0.25, 0.3) is 0 Å². The molecule has 106 valence electrons. The highest BCUT2D eigenvalue weighted by molar-refractivity contribution is 5.21. The second kappa shape index (κ2) is 7.01. The van der Waals surface area contributed by atoms with E-state index >= 15 is 0 Å². The molecule has 2 unspecified atom stereocenters. The van der Waals surface area contributed by atoms with Gasteiger partial charge in [0, 0.05) is 24.7 Å². The van der Waals surface area contributed by atoms with Gasteiger partial charge in [-0.25, -0.2) is 4.39 Å². The monoisotopic (exact) mass is 264 g/mol. The van der Waals surface area contributed by atoms with Gasteiger partial charge in [0.1, 0.15) is 5.82 Å². The molecule has 1 aliphatic heterocycles. The van der Waals surface area contributed by atoms with Crippen LogP contribution in [-0.4, -0.2) is 31.1 Å². The number of halogens is 1. The van der Waals surface area contributed by atoms with Crippen molar-refractivity contribution in [3.8, 4) is 0 Å². The fraction of sp³-hybridized carbons (Fsp3) is 0.625. The van der Waals surface area contributed by atoms with Crippen molar-refractivity contribution in [1.29, 1.82) is 0 Å². The van der Waals surface area contributed by atoms with Crippen LogP contribution in [0, 0.1) is 11.7 Å². The molecule has 0 bridgehead atoms. The lowest BCUT2D eigenvalue weighted by atomic mass is 10.1. The number of likely N-dealkylation sites (tertiary alicyclic amines) is 1. The highest BCUT2D eigenvalue weighted by Crippen LogP contribution is 2.22. The predicted molar refractivity (Wildman–Crippen MR) is 77.7 cm³/mol. The van der Waals surface area contributed by atoms with Crippen LogP contribution in [0.15, 0.2) is 24.3 Å². The number of benzene rings is 1. The first-order valence-electron chi connectivity index (χ1n) is 7.41. The average Bonchev–Trinajstić information content (AvgIpc) is 2.81. The van der Waals surface area contributed by atoms with Crippen molar-refractivity contribution in [2.45, 2.75) is 32.7 Å². The Bertz CT molecular complexity index is 394. The smallest absolute Gasteiger partial charge is 0.128 e. The van der Waals surface area contributed by atoms with E-state index in [4.69, 9.17) is 0 Å². The zero-order valence-electron chi connectivity index (χ0n) is 12.0. The van der Waals surface area contributed by atoms with Crippen LogP contribution in [-0.2, 0) is 0 Å². The molecule has 1 saturated heterocycles. The maximum absolute atomic E-state index is 14.0. The van der Waals surface area contributed by atoms with Gasteiger partial charge in [0.15, 0.2) is 0 Å². The number of nitrogens with one attached hydrogen (secondary N) is 1. The third-order valence-corrected chi connectivity index (χ3v) is 3.87. The molecule has 0 aromatic heterocycles. The number of hydrogen-bond donors (Lipinski definition) is 1. The zero-order chi connectivity index (χ0) is 13.7. The minimum Gasteiger partial charge on any atom is -0.309 e. The Hall–Kier alpha value is -0.930. The molecule has 1 aliphatic rings. The third-order valence-electron chi connectivity index (χ3n) is 3.87. The van der Waals surface area contributed by atoms with E-state index in [0.717, 1.165) is 44.1 Å². The fourth-order valence-corrected chi connectivity index (χ4v) is 2.80. The molecule has 0 saturated carbocycles. The molecule has 1 aromatic rings. The quantitative estimate of drug-likeness (QED) is 0.849. The van der Waals surface area contributed by atoms with Crippen LogP contribution < -0.4 is 5.32 Å². The molecule has 2 nitrogen and oxygen atoms in total. The molecule has 1 N–H and O–H groups in total. The SMILES string of the molecule is CCCNC(CN1CCC(C)C1)c1ccccc1F. The van der Waals surface area contributed by atoms with Crippen LogP contribution >= 0.6 is 0 Å². The Balaban J connectivity index is 2.05. The van der Waals surface area contributed by atoms with Crippen LogP contribution in [0.3, 0.4) is 0 Å². The number of nitrogens with zero attached hydrogens (tertiary/aromatic N) is 1. The van der Waals surface area contributed by atoms with E-state index < -0.39 is 0 Å². The van der Waals surface area contributed by atoms with Crippen molar-refractivity contribution in [1.82, 2.24) is 10.2 Å². The Labute approximate surface area is 116 Å². The van der Waals surface area contributed by atoms with Gasteiger partial charge < -0.3 is 10.2 Å². The second-order valence-corrected chi connectivity index (χ2v) is 5.68. The van der Waals surface area contributed by atoms with Gasteiger partial charge in [-0.3, -0.25) is 0 Å². The summed E-state index contributed by atoms with van der Waals surface area (Å²) in [5, 5.41) is 3.49. The first-order valence-corrected chi connectivity index (χ1v) is 7.41. The minimum atomic E-state index is -0.0941. The maximum atomic E-state index is 14.0. The Morgan fingerprint density at radius 2 is 2.21 bits per heavy atom. The van der Waals surface area contributed by atoms with Crippen molar-refractivity contribution in [3.63, 3.8) is 0 Å². The largest absolute Gasteiger partial charge is 0.309 e. The summed E-state index contributed by atoms with van der Waals surface area (Å²) in [5.41, 5.74) is 0.801. The van der Waals surface area contributed by atoms with E-state index in [1.165, 1.54) is 6.42 Å². The molecule has 0 aliphatic carbocycles. The van der Waals surface area contributed by atoms with E-state index in [9.17, 15) is 4.39 Å². The molecule has 0 amide bonds. The third kappa shape index (κ3) is 4.02. The summed E-state index contributed by atoms with van der Waals surface area (Å²) in [7, 11) is 0. The van der Waals surface area contributed by atoms with E-state index in [1.807, 2.05) is 12.1 Å². The molecule has 1 aromatic carbocycles. The summed E-state index contributed by atoms with van der Waals surface area (Å²) in [6, 6.07) is 7.25. The number of hydrogen-bond acceptors (Lipinski definition) is 2. The fourth-order valence-electron chi connectivity index (χ4n) is 2.80. The summed E-state index contributed by atoms with van der Waals surface area (Å²) in [6.45, 7) is 8.55. The molecule has 3 heteroatoms. The van der Waals surface area contributed by atoms with Gasteiger partial charge in [0.25, 0.3) is 0 Å². The first kappa shape index (κ1) is 14.5. The van der Waals surface area contributed by atoms with Gasteiger partial charge in [0.2, 0.25) is 0 Å². The predicted octanol–water partition coefficient (Wildman–Crippen LogP) is 3.21. The Morgan fingerprint density at radius 1 is 1.42 bits per heavy atom. The number of rotatable bonds is 6. The van der Waals surface area contributed by atoms with Gasteiger partial charge in [-0.2, -0.15) is 0 Å². The van der Waals surface area contributed by atoms with Gasteiger partial charge in [-0.05, 0) is 37.9 Å². The molecule has 1 heterocycles. The lowest BCUT2D eigenvalue weighted by molar-refractivity contribution is 0.281. The lowest BCUT2D eigenvalue weighted by Gasteiger charge is -2.25. The van der Waals surface area contributed by atoms with Crippen molar-refractivity contribution in [3.05, 3.63) is 35.6 Å². The minimum absolute atomic E-state index is 0.0941. The molecular formula is C16H25FN2. The van der Waals surface area contributed by atoms with E-state index in [2.05, 4.69) is 24.1 Å². The molecule has 0 radical (unpaired) electrons. The van der Waals surface area contributed by atoms with Gasteiger partial charge in [-0.15, -0.1) is 0 Å². The van der Waals surface area contributed by atoms with E-state index in [1.54, 1.807) is 12.1 Å². The Kier molecular flexibility index (Phi) is 5.34. The average molecular weight is 264 g/mol. The molecular weight excluding hydrogens is 239 g/mol. The van der Waals surface area contributed by atoms with Crippen molar-refractivity contribution in [2.75, 3.05) is 26.2 Å². The lowest BCUT2D eigenvalue weighted by Crippen LogP contribution is -2.35. The topological polar surface area (TPSA) is 15.3 Å². The summed E-state index contributed by atoms with van der Waals surface area (Å²) < 4.78 is 14.0. The summed E-state index contributed by atoms with van der Waals surface area (Å²) in [5.74, 6) is 0.677. The van der Waals surface area contributed by atoms with Crippen molar-refractivity contribution >= 4 is 0 Å². The van der Waals surface area contributed by atoms with Crippen LogP contribution in [0.4, 0.5) is 4.39 Å². The van der Waals surface area contributed by atoms with Crippen molar-refractivity contribution in [2.24, 2.45) is 5.92 Å². The highest BCUT2D eigenvalue weighted by Gasteiger charge is 2.23. The van der Waals surface area contributed by atoms with Gasteiger partial charge in [-0.1, -0.05) is 32.0 Å². The molecule has 19 heavy (non-hydrogen) atoms. The molecule has 0 spiro atoms. The molecule has 2 atom stereocenters. The summed E-state index contributed by atoms with van der Waals surface area (Å²) in [6.07, 6.45) is 2.33. The highest BCUT2D eigenvalue weighted by atomic mass is 19.1. The maximum Gasteiger partial charge on any atom is 0.128 e.